The van der Waals surface area contributed by atoms with Gasteiger partial charge in [0, 0.05) is 12.1 Å². The Kier molecular flexibility index (Phi) is 2.78. The number of amides is 2. The van der Waals surface area contributed by atoms with Crippen molar-refractivity contribution in [2.75, 3.05) is 19.0 Å². The van der Waals surface area contributed by atoms with Crippen LogP contribution in [0.15, 0.2) is 30.3 Å². The lowest BCUT2D eigenvalue weighted by atomic mass is 10.2. The number of para-hydroxylation sites is 1. The van der Waals surface area contributed by atoms with Crippen molar-refractivity contribution in [3.63, 3.8) is 0 Å². The second-order valence-electron chi connectivity index (χ2n) is 5.21. The van der Waals surface area contributed by atoms with Crippen molar-refractivity contribution in [2.24, 2.45) is 0 Å². The fourth-order valence-corrected chi connectivity index (χ4v) is 2.96. The first-order valence-corrected chi connectivity index (χ1v) is 6.47. The van der Waals surface area contributed by atoms with Crippen LogP contribution in [0.25, 0.3) is 0 Å². The van der Waals surface area contributed by atoms with Gasteiger partial charge in [-0.05, 0) is 32.6 Å². The Balaban J connectivity index is 2.04. The SMILES string of the molecule is CN(C)[C@H]1N(c2ccccc2)C(=O)[C@@H]2CCC(=O)N21. The van der Waals surface area contributed by atoms with E-state index in [0.717, 1.165) is 5.69 Å². The predicted molar refractivity (Wildman–Crippen MR) is 71.3 cm³/mol. The molecule has 1 aromatic rings. The molecule has 2 saturated heterocycles. The highest BCUT2D eigenvalue weighted by atomic mass is 16.2. The second kappa shape index (κ2) is 4.35. The quantitative estimate of drug-likeness (QED) is 0.791. The van der Waals surface area contributed by atoms with Gasteiger partial charge in [-0.25, -0.2) is 0 Å². The summed E-state index contributed by atoms with van der Waals surface area (Å²) in [4.78, 5) is 29.9. The normalized spacial score (nSPS) is 26.5. The van der Waals surface area contributed by atoms with E-state index in [-0.39, 0.29) is 24.1 Å². The molecule has 3 rings (SSSR count). The minimum Gasteiger partial charge on any atom is -0.297 e. The lowest BCUT2D eigenvalue weighted by molar-refractivity contribution is -0.133. The Morgan fingerprint density at radius 1 is 1.16 bits per heavy atom. The molecule has 2 aliphatic heterocycles. The fourth-order valence-electron chi connectivity index (χ4n) is 2.96. The lowest BCUT2D eigenvalue weighted by Gasteiger charge is -2.34. The van der Waals surface area contributed by atoms with Crippen LogP contribution in [0, 0.1) is 0 Å². The van der Waals surface area contributed by atoms with Gasteiger partial charge in [-0.2, -0.15) is 0 Å². The first-order chi connectivity index (χ1) is 9.11. The molecule has 2 atom stereocenters. The summed E-state index contributed by atoms with van der Waals surface area (Å²) in [6, 6.07) is 9.24. The largest absolute Gasteiger partial charge is 0.297 e. The van der Waals surface area contributed by atoms with Gasteiger partial charge in [0.25, 0.3) is 5.91 Å². The van der Waals surface area contributed by atoms with Crippen molar-refractivity contribution in [1.29, 1.82) is 0 Å². The minimum absolute atomic E-state index is 0.0238. The number of rotatable bonds is 2. The highest BCUT2D eigenvalue weighted by Crippen LogP contribution is 2.35. The molecule has 0 unspecified atom stereocenters. The van der Waals surface area contributed by atoms with Crippen LogP contribution in [0.3, 0.4) is 0 Å². The van der Waals surface area contributed by atoms with Crippen LogP contribution in [0.2, 0.25) is 0 Å². The third-order valence-electron chi connectivity index (χ3n) is 3.75. The molecule has 100 valence electrons. The van der Waals surface area contributed by atoms with E-state index >= 15 is 0 Å². The summed E-state index contributed by atoms with van der Waals surface area (Å²) in [6.45, 7) is 0. The fraction of sp³-hybridized carbons (Fsp3) is 0.429. The van der Waals surface area contributed by atoms with E-state index < -0.39 is 0 Å². The minimum atomic E-state index is -0.310. The van der Waals surface area contributed by atoms with E-state index in [2.05, 4.69) is 0 Å². The van der Waals surface area contributed by atoms with E-state index in [4.69, 9.17) is 0 Å². The van der Waals surface area contributed by atoms with Crippen molar-refractivity contribution in [3.8, 4) is 0 Å². The molecule has 0 bridgehead atoms. The summed E-state index contributed by atoms with van der Waals surface area (Å²) in [6.07, 6.45) is 0.796. The molecule has 0 saturated carbocycles. The van der Waals surface area contributed by atoms with Crippen LogP contribution in [0.4, 0.5) is 5.69 Å². The van der Waals surface area contributed by atoms with Crippen molar-refractivity contribution in [2.45, 2.75) is 25.2 Å². The number of hydrogen-bond donors (Lipinski definition) is 0. The van der Waals surface area contributed by atoms with Gasteiger partial charge in [0.05, 0.1) is 0 Å². The van der Waals surface area contributed by atoms with Crippen LogP contribution in [0.5, 0.6) is 0 Å². The van der Waals surface area contributed by atoms with Crippen molar-refractivity contribution < 1.29 is 9.59 Å². The van der Waals surface area contributed by atoms with Gasteiger partial charge in [-0.1, -0.05) is 18.2 Å². The van der Waals surface area contributed by atoms with Gasteiger partial charge in [-0.3, -0.25) is 24.3 Å². The average molecular weight is 259 g/mol. The average Bonchev–Trinajstić information content (AvgIpc) is 2.90. The number of fused-ring (bicyclic) bond motifs is 1. The van der Waals surface area contributed by atoms with Crippen molar-refractivity contribution >= 4 is 17.5 Å². The number of hydrogen-bond acceptors (Lipinski definition) is 3. The summed E-state index contributed by atoms with van der Waals surface area (Å²) < 4.78 is 0. The molecule has 1 aromatic carbocycles. The molecule has 0 aliphatic carbocycles. The third kappa shape index (κ3) is 1.73. The van der Waals surface area contributed by atoms with Crippen molar-refractivity contribution in [3.05, 3.63) is 30.3 Å². The van der Waals surface area contributed by atoms with Gasteiger partial charge in [0.2, 0.25) is 5.91 Å². The molecule has 0 aromatic heterocycles. The zero-order valence-electron chi connectivity index (χ0n) is 11.1. The van der Waals surface area contributed by atoms with E-state index in [9.17, 15) is 9.59 Å². The predicted octanol–water partition coefficient (Wildman–Crippen LogP) is 0.869. The summed E-state index contributed by atoms with van der Waals surface area (Å²) in [5, 5.41) is 0. The van der Waals surface area contributed by atoms with Gasteiger partial charge in [0.15, 0.2) is 6.29 Å². The molecule has 0 radical (unpaired) electrons. The molecule has 0 spiro atoms. The smallest absolute Gasteiger partial charge is 0.252 e. The Bertz CT molecular complexity index is 515. The second-order valence-corrected chi connectivity index (χ2v) is 5.21. The first kappa shape index (κ1) is 12.2. The van der Waals surface area contributed by atoms with E-state index in [1.165, 1.54) is 0 Å². The molecular weight excluding hydrogens is 242 g/mol. The van der Waals surface area contributed by atoms with E-state index in [0.29, 0.717) is 12.8 Å². The zero-order chi connectivity index (χ0) is 13.6. The van der Waals surface area contributed by atoms with Crippen LogP contribution < -0.4 is 4.90 Å². The number of benzene rings is 1. The topological polar surface area (TPSA) is 43.9 Å². The van der Waals surface area contributed by atoms with E-state index in [1.807, 2.05) is 49.3 Å². The third-order valence-corrected chi connectivity index (χ3v) is 3.75. The van der Waals surface area contributed by atoms with Crippen molar-refractivity contribution in [1.82, 2.24) is 9.80 Å². The Morgan fingerprint density at radius 2 is 1.84 bits per heavy atom. The maximum atomic E-state index is 12.6. The Morgan fingerprint density at radius 3 is 2.47 bits per heavy atom. The van der Waals surface area contributed by atoms with Crippen LogP contribution in [0.1, 0.15) is 12.8 Å². The molecular formula is C14H17N3O2. The molecule has 2 aliphatic rings. The molecule has 2 heterocycles. The van der Waals surface area contributed by atoms with Crippen LogP contribution in [-0.2, 0) is 9.59 Å². The van der Waals surface area contributed by atoms with Gasteiger partial charge in [-0.15, -0.1) is 0 Å². The highest BCUT2D eigenvalue weighted by molar-refractivity contribution is 6.04. The molecule has 5 heteroatoms. The highest BCUT2D eigenvalue weighted by Gasteiger charge is 2.52. The maximum absolute atomic E-state index is 12.6. The molecule has 2 amide bonds. The maximum Gasteiger partial charge on any atom is 0.252 e. The van der Waals surface area contributed by atoms with E-state index in [1.54, 1.807) is 9.80 Å². The molecule has 2 fully saturated rings. The number of anilines is 1. The monoisotopic (exact) mass is 259 g/mol. The number of carbonyl (C=O) groups is 2. The van der Waals surface area contributed by atoms with Crippen LogP contribution in [-0.4, -0.2) is 48.0 Å². The molecule has 19 heavy (non-hydrogen) atoms. The standard InChI is InChI=1S/C14H17N3O2/c1-15(2)14-16(10-6-4-3-5-7-10)13(19)11-8-9-12(18)17(11)14/h3-7,11,14H,8-9H2,1-2H3/t11-,14-/m0/s1. The van der Waals surface area contributed by atoms with Gasteiger partial charge in [0.1, 0.15) is 6.04 Å². The summed E-state index contributed by atoms with van der Waals surface area (Å²) >= 11 is 0. The van der Waals surface area contributed by atoms with Gasteiger partial charge < -0.3 is 0 Å². The number of carbonyl (C=O) groups excluding carboxylic acids is 2. The van der Waals surface area contributed by atoms with Crippen LogP contribution >= 0.6 is 0 Å². The summed E-state index contributed by atoms with van der Waals surface area (Å²) in [5.41, 5.74) is 0.841. The van der Waals surface area contributed by atoms with Gasteiger partial charge >= 0.3 is 0 Å². The Hall–Kier alpha value is -1.88. The number of nitrogens with zero attached hydrogens (tertiary/aromatic N) is 3. The first-order valence-electron chi connectivity index (χ1n) is 6.47. The summed E-state index contributed by atoms with van der Waals surface area (Å²) in [7, 11) is 3.78. The molecule has 5 nitrogen and oxygen atoms in total. The lowest BCUT2D eigenvalue weighted by Crippen LogP contribution is -2.51. The zero-order valence-corrected chi connectivity index (χ0v) is 11.1. The molecule has 0 N–H and O–H groups in total. The summed E-state index contributed by atoms with van der Waals surface area (Å²) in [5.74, 6) is 0.0891. The Labute approximate surface area is 112 Å².